The summed E-state index contributed by atoms with van der Waals surface area (Å²) in [7, 11) is 0. The van der Waals surface area contributed by atoms with Crippen LogP contribution in [0.2, 0.25) is 5.02 Å². The van der Waals surface area contributed by atoms with Crippen molar-refractivity contribution >= 4 is 73.1 Å². The SMILES string of the molecule is O=C1NC(=O)N(c2ccccc2Cl)C(=O)/C1=C/c1ccc(OCc2ccccc2Br)c(Br)c1. The fraction of sp³-hybridized carbons (Fsp3) is 0.0417. The molecule has 0 radical (unpaired) electrons. The molecule has 4 rings (SSSR count). The van der Waals surface area contributed by atoms with E-state index in [9.17, 15) is 14.4 Å². The van der Waals surface area contributed by atoms with Crippen LogP contribution in [-0.4, -0.2) is 17.8 Å². The molecule has 0 bridgehead atoms. The number of nitrogens with zero attached hydrogens (tertiary/aromatic N) is 1. The van der Waals surface area contributed by atoms with Gasteiger partial charge < -0.3 is 4.74 Å². The summed E-state index contributed by atoms with van der Waals surface area (Å²) >= 11 is 13.1. The van der Waals surface area contributed by atoms with Crippen LogP contribution < -0.4 is 15.0 Å². The van der Waals surface area contributed by atoms with E-state index in [1.165, 1.54) is 12.1 Å². The van der Waals surface area contributed by atoms with Gasteiger partial charge in [-0.05, 0) is 57.9 Å². The number of imide groups is 2. The van der Waals surface area contributed by atoms with E-state index in [2.05, 4.69) is 37.2 Å². The molecule has 6 nitrogen and oxygen atoms in total. The summed E-state index contributed by atoms with van der Waals surface area (Å²) in [5.74, 6) is -0.943. The van der Waals surface area contributed by atoms with Crippen LogP contribution in [0.5, 0.6) is 5.75 Å². The van der Waals surface area contributed by atoms with E-state index in [0.29, 0.717) is 22.4 Å². The molecule has 0 atom stereocenters. The van der Waals surface area contributed by atoms with E-state index in [1.54, 1.807) is 36.4 Å². The summed E-state index contributed by atoms with van der Waals surface area (Å²) in [6.45, 7) is 0.357. The molecule has 33 heavy (non-hydrogen) atoms. The van der Waals surface area contributed by atoms with Crippen molar-refractivity contribution in [2.24, 2.45) is 0 Å². The molecule has 0 aromatic heterocycles. The van der Waals surface area contributed by atoms with Gasteiger partial charge in [-0.3, -0.25) is 14.9 Å². The quantitative estimate of drug-likeness (QED) is 0.288. The largest absolute Gasteiger partial charge is 0.488 e. The number of benzene rings is 3. The summed E-state index contributed by atoms with van der Waals surface area (Å²) in [6.07, 6.45) is 1.41. The number of carbonyl (C=O) groups is 3. The van der Waals surface area contributed by atoms with Gasteiger partial charge in [0.05, 0.1) is 15.2 Å². The average molecular weight is 591 g/mol. The van der Waals surface area contributed by atoms with Crippen LogP contribution in [0.15, 0.2) is 81.2 Å². The lowest BCUT2D eigenvalue weighted by molar-refractivity contribution is -0.122. The number of hydrogen-bond acceptors (Lipinski definition) is 4. The summed E-state index contributed by atoms with van der Waals surface area (Å²) in [4.78, 5) is 38.6. The molecule has 1 saturated heterocycles. The van der Waals surface area contributed by atoms with Crippen molar-refractivity contribution in [2.45, 2.75) is 6.61 Å². The Morgan fingerprint density at radius 3 is 2.39 bits per heavy atom. The van der Waals surface area contributed by atoms with Gasteiger partial charge in [0.25, 0.3) is 11.8 Å². The fourth-order valence-corrected chi connectivity index (χ4v) is 4.30. The zero-order chi connectivity index (χ0) is 23.5. The average Bonchev–Trinajstić information content (AvgIpc) is 2.78. The molecule has 0 aliphatic carbocycles. The minimum Gasteiger partial charge on any atom is -0.488 e. The highest BCUT2D eigenvalue weighted by molar-refractivity contribution is 9.10. The predicted octanol–water partition coefficient (Wildman–Crippen LogP) is 6.11. The van der Waals surface area contributed by atoms with E-state index >= 15 is 0 Å². The molecule has 0 saturated carbocycles. The second-order valence-electron chi connectivity index (χ2n) is 6.98. The van der Waals surface area contributed by atoms with Crippen molar-refractivity contribution < 1.29 is 19.1 Å². The van der Waals surface area contributed by atoms with Crippen molar-refractivity contribution in [2.75, 3.05) is 4.90 Å². The lowest BCUT2D eigenvalue weighted by atomic mass is 10.1. The highest BCUT2D eigenvalue weighted by Crippen LogP contribution is 2.31. The third kappa shape index (κ3) is 5.03. The number of halogens is 3. The van der Waals surface area contributed by atoms with Crippen LogP contribution in [0.3, 0.4) is 0 Å². The Kier molecular flexibility index (Phi) is 6.97. The molecule has 9 heteroatoms. The number of amides is 4. The maximum absolute atomic E-state index is 13.0. The summed E-state index contributed by atoms with van der Waals surface area (Å²) < 4.78 is 7.47. The van der Waals surface area contributed by atoms with E-state index in [4.69, 9.17) is 16.3 Å². The van der Waals surface area contributed by atoms with Gasteiger partial charge in [-0.1, -0.05) is 63.9 Å². The normalized spacial score (nSPS) is 15.1. The highest BCUT2D eigenvalue weighted by atomic mass is 79.9. The number of ether oxygens (including phenoxy) is 1. The Labute approximate surface area is 211 Å². The molecular weight excluding hydrogens is 576 g/mol. The first-order chi connectivity index (χ1) is 15.8. The first-order valence-electron chi connectivity index (χ1n) is 9.67. The Morgan fingerprint density at radius 2 is 1.67 bits per heavy atom. The van der Waals surface area contributed by atoms with E-state index in [1.807, 2.05) is 24.3 Å². The van der Waals surface area contributed by atoms with Crippen LogP contribution in [0.4, 0.5) is 10.5 Å². The zero-order valence-corrected chi connectivity index (χ0v) is 20.8. The molecule has 0 spiro atoms. The minimum atomic E-state index is -0.854. The minimum absolute atomic E-state index is 0.191. The monoisotopic (exact) mass is 588 g/mol. The standard InChI is InChI=1S/C24H15Br2ClN2O4/c25-17-6-2-1-5-15(17)13-33-21-10-9-14(12-18(21)26)11-16-22(30)28-24(32)29(23(16)31)20-8-4-3-7-19(20)27/h1-12H,13H2,(H,28,30,32)/b16-11+. The van der Waals surface area contributed by atoms with Crippen molar-refractivity contribution in [3.63, 3.8) is 0 Å². The molecule has 4 amide bonds. The molecule has 0 unspecified atom stereocenters. The van der Waals surface area contributed by atoms with E-state index in [0.717, 1.165) is 14.9 Å². The Hall–Kier alpha value is -2.94. The lowest BCUT2D eigenvalue weighted by Crippen LogP contribution is -2.54. The zero-order valence-electron chi connectivity index (χ0n) is 16.8. The molecule has 3 aromatic carbocycles. The van der Waals surface area contributed by atoms with Gasteiger partial charge in [-0.25, -0.2) is 9.69 Å². The first kappa shape index (κ1) is 23.2. The van der Waals surface area contributed by atoms with Crippen LogP contribution in [-0.2, 0) is 16.2 Å². The van der Waals surface area contributed by atoms with E-state index in [-0.39, 0.29) is 16.3 Å². The van der Waals surface area contributed by atoms with Gasteiger partial charge in [-0.15, -0.1) is 0 Å². The third-order valence-corrected chi connectivity index (χ3v) is 6.52. The summed E-state index contributed by atoms with van der Waals surface area (Å²) in [5, 5.41) is 2.40. The smallest absolute Gasteiger partial charge is 0.335 e. The predicted molar refractivity (Wildman–Crippen MR) is 133 cm³/mol. The summed E-state index contributed by atoms with van der Waals surface area (Å²) in [6, 6.07) is 18.5. The van der Waals surface area contributed by atoms with Gasteiger partial charge in [-0.2, -0.15) is 0 Å². The molecule has 1 aliphatic heterocycles. The van der Waals surface area contributed by atoms with Gasteiger partial charge >= 0.3 is 6.03 Å². The Morgan fingerprint density at radius 1 is 0.939 bits per heavy atom. The van der Waals surface area contributed by atoms with Gasteiger partial charge in [0, 0.05) is 10.0 Å². The molecule has 1 aliphatic rings. The van der Waals surface area contributed by atoms with Crippen LogP contribution in [0.1, 0.15) is 11.1 Å². The molecule has 166 valence electrons. The molecule has 3 aromatic rings. The van der Waals surface area contributed by atoms with Crippen molar-refractivity contribution in [1.29, 1.82) is 0 Å². The number of anilines is 1. The van der Waals surface area contributed by atoms with Crippen LogP contribution >= 0.6 is 43.5 Å². The Balaban J connectivity index is 1.58. The molecule has 1 heterocycles. The molecule has 1 fully saturated rings. The number of para-hydroxylation sites is 1. The van der Waals surface area contributed by atoms with Crippen LogP contribution in [0, 0.1) is 0 Å². The number of barbiturate groups is 1. The second-order valence-corrected chi connectivity index (χ2v) is 9.10. The molecular formula is C24H15Br2ClN2O4. The maximum atomic E-state index is 13.0. The van der Waals surface area contributed by atoms with E-state index < -0.39 is 17.8 Å². The second kappa shape index (κ2) is 9.91. The number of rotatable bonds is 5. The van der Waals surface area contributed by atoms with Crippen molar-refractivity contribution in [3.8, 4) is 5.75 Å². The molecule has 1 N–H and O–H groups in total. The number of hydrogen-bond donors (Lipinski definition) is 1. The van der Waals surface area contributed by atoms with Crippen LogP contribution in [0.25, 0.3) is 6.08 Å². The summed E-state index contributed by atoms with van der Waals surface area (Å²) in [5.41, 5.74) is 1.56. The Bertz CT molecular complexity index is 1310. The van der Waals surface area contributed by atoms with Gasteiger partial charge in [0.15, 0.2) is 0 Å². The number of nitrogens with one attached hydrogen (secondary N) is 1. The van der Waals surface area contributed by atoms with Gasteiger partial charge in [0.1, 0.15) is 17.9 Å². The fourth-order valence-electron chi connectivity index (χ4n) is 3.17. The number of urea groups is 1. The highest BCUT2D eigenvalue weighted by Gasteiger charge is 2.37. The number of carbonyl (C=O) groups excluding carboxylic acids is 3. The van der Waals surface area contributed by atoms with Crippen molar-refractivity contribution in [1.82, 2.24) is 5.32 Å². The lowest BCUT2D eigenvalue weighted by Gasteiger charge is -2.27. The van der Waals surface area contributed by atoms with Crippen molar-refractivity contribution in [3.05, 3.63) is 97.4 Å². The third-order valence-electron chi connectivity index (χ3n) is 4.80. The first-order valence-corrected chi connectivity index (χ1v) is 11.6. The maximum Gasteiger partial charge on any atom is 0.335 e. The van der Waals surface area contributed by atoms with Gasteiger partial charge in [0.2, 0.25) is 0 Å². The topological polar surface area (TPSA) is 75.7 Å².